The zero-order valence-electron chi connectivity index (χ0n) is 9.40. The average Bonchev–Trinajstić information content (AvgIpc) is 2.24. The Balaban J connectivity index is 2.07. The van der Waals surface area contributed by atoms with Gasteiger partial charge in [-0.3, -0.25) is 10.1 Å². The molecular weight excluding hydrogens is 246 g/mol. The Bertz CT molecular complexity index is 476. The Hall–Kier alpha value is -1.60. The fourth-order valence-corrected chi connectivity index (χ4v) is 1.86. The summed E-state index contributed by atoms with van der Waals surface area (Å²) in [5.74, 6) is -1.99. The molecule has 5 nitrogen and oxygen atoms in total. The van der Waals surface area contributed by atoms with E-state index in [1.807, 2.05) is 0 Å². The van der Waals surface area contributed by atoms with Crippen LogP contribution in [-0.2, 0) is 6.54 Å². The Morgan fingerprint density at radius 2 is 2.06 bits per heavy atom. The van der Waals surface area contributed by atoms with E-state index in [2.05, 4.69) is 5.32 Å². The smallest absolute Gasteiger partial charge is 0.305 e. The highest BCUT2D eigenvalue weighted by atomic mass is 19.1. The molecule has 0 saturated heterocycles. The summed E-state index contributed by atoms with van der Waals surface area (Å²) in [6.45, 7) is 0.0737. The molecule has 0 unspecified atom stereocenters. The zero-order valence-corrected chi connectivity index (χ0v) is 9.40. The van der Waals surface area contributed by atoms with E-state index in [0.717, 1.165) is 6.07 Å². The van der Waals surface area contributed by atoms with Crippen molar-refractivity contribution in [2.24, 2.45) is 0 Å². The molecule has 1 saturated carbocycles. The molecule has 1 aliphatic rings. The summed E-state index contributed by atoms with van der Waals surface area (Å²) >= 11 is 0. The van der Waals surface area contributed by atoms with Crippen LogP contribution >= 0.6 is 0 Å². The molecule has 2 N–H and O–H groups in total. The maximum atomic E-state index is 13.4. The molecule has 18 heavy (non-hydrogen) atoms. The van der Waals surface area contributed by atoms with Crippen LogP contribution in [0.25, 0.3) is 0 Å². The van der Waals surface area contributed by atoms with Crippen molar-refractivity contribution in [3.05, 3.63) is 39.4 Å². The lowest BCUT2D eigenvalue weighted by Crippen LogP contribution is -2.43. The first kappa shape index (κ1) is 12.8. The van der Waals surface area contributed by atoms with Gasteiger partial charge in [0.05, 0.1) is 11.0 Å². The minimum absolute atomic E-state index is 0.0458. The summed E-state index contributed by atoms with van der Waals surface area (Å²) in [5, 5.41) is 22.5. The third kappa shape index (κ3) is 2.62. The van der Waals surface area contributed by atoms with E-state index in [0.29, 0.717) is 18.9 Å². The third-order valence-corrected chi connectivity index (χ3v) is 3.01. The second-order valence-electron chi connectivity index (χ2n) is 4.36. The number of aliphatic hydroxyl groups excluding tert-OH is 1. The first-order chi connectivity index (χ1) is 8.47. The molecule has 0 heterocycles. The molecule has 98 valence electrons. The van der Waals surface area contributed by atoms with Crippen LogP contribution in [0.3, 0.4) is 0 Å². The van der Waals surface area contributed by atoms with Crippen molar-refractivity contribution < 1.29 is 18.8 Å². The molecule has 1 aromatic rings. The molecule has 0 aliphatic heterocycles. The number of nitro benzene ring substituents is 1. The van der Waals surface area contributed by atoms with Crippen molar-refractivity contribution in [2.75, 3.05) is 0 Å². The SMILES string of the molecule is O=[N+]([O-])c1cc(CNC2CC(O)C2)c(F)cc1F. The first-order valence-corrected chi connectivity index (χ1v) is 5.51. The highest BCUT2D eigenvalue weighted by Crippen LogP contribution is 2.23. The van der Waals surface area contributed by atoms with Gasteiger partial charge in [-0.05, 0) is 12.8 Å². The van der Waals surface area contributed by atoms with Gasteiger partial charge in [-0.25, -0.2) is 4.39 Å². The summed E-state index contributed by atoms with van der Waals surface area (Å²) in [6, 6.07) is 1.49. The molecule has 0 bridgehead atoms. The minimum Gasteiger partial charge on any atom is -0.393 e. The number of rotatable bonds is 4. The zero-order chi connectivity index (χ0) is 13.3. The molecule has 2 rings (SSSR count). The van der Waals surface area contributed by atoms with E-state index in [1.54, 1.807) is 0 Å². The lowest BCUT2D eigenvalue weighted by Gasteiger charge is -2.32. The number of aliphatic hydroxyl groups is 1. The van der Waals surface area contributed by atoms with Gasteiger partial charge in [-0.15, -0.1) is 0 Å². The lowest BCUT2D eigenvalue weighted by molar-refractivity contribution is -0.387. The van der Waals surface area contributed by atoms with Gasteiger partial charge in [0.2, 0.25) is 5.82 Å². The molecule has 7 heteroatoms. The van der Waals surface area contributed by atoms with Crippen molar-refractivity contribution in [2.45, 2.75) is 31.5 Å². The predicted molar refractivity (Wildman–Crippen MR) is 58.9 cm³/mol. The average molecular weight is 258 g/mol. The van der Waals surface area contributed by atoms with Crippen LogP contribution in [-0.4, -0.2) is 22.2 Å². The summed E-state index contributed by atoms with van der Waals surface area (Å²) in [5.41, 5.74) is -0.689. The fraction of sp³-hybridized carbons (Fsp3) is 0.455. The van der Waals surface area contributed by atoms with Crippen molar-refractivity contribution in [3.8, 4) is 0 Å². The van der Waals surface area contributed by atoms with E-state index in [9.17, 15) is 18.9 Å². The van der Waals surface area contributed by atoms with Gasteiger partial charge in [0.15, 0.2) is 0 Å². The molecule has 0 spiro atoms. The molecule has 0 radical (unpaired) electrons. The van der Waals surface area contributed by atoms with Crippen molar-refractivity contribution in [1.29, 1.82) is 0 Å². The van der Waals surface area contributed by atoms with Crippen LogP contribution in [0.5, 0.6) is 0 Å². The van der Waals surface area contributed by atoms with Gasteiger partial charge in [0.25, 0.3) is 0 Å². The number of hydrogen-bond donors (Lipinski definition) is 2. The molecule has 0 atom stereocenters. The summed E-state index contributed by atoms with van der Waals surface area (Å²) in [7, 11) is 0. The normalized spacial score (nSPS) is 22.6. The van der Waals surface area contributed by atoms with Crippen LogP contribution in [0.4, 0.5) is 14.5 Å². The maximum absolute atomic E-state index is 13.4. The molecule has 0 amide bonds. The fourth-order valence-electron chi connectivity index (χ4n) is 1.86. The van der Waals surface area contributed by atoms with Gasteiger partial charge >= 0.3 is 5.69 Å². The third-order valence-electron chi connectivity index (χ3n) is 3.01. The summed E-state index contributed by atoms with van der Waals surface area (Å²) in [4.78, 5) is 9.64. The van der Waals surface area contributed by atoms with Gasteiger partial charge in [-0.2, -0.15) is 4.39 Å². The van der Waals surface area contributed by atoms with Gasteiger partial charge < -0.3 is 10.4 Å². The molecule has 0 aromatic heterocycles. The second-order valence-corrected chi connectivity index (χ2v) is 4.36. The Kier molecular flexibility index (Phi) is 3.53. The van der Waals surface area contributed by atoms with E-state index < -0.39 is 22.2 Å². The van der Waals surface area contributed by atoms with Crippen LogP contribution in [0.1, 0.15) is 18.4 Å². The topological polar surface area (TPSA) is 75.4 Å². The standard InChI is InChI=1S/C11H12F2N2O3/c12-9-4-10(13)11(15(17)18)1-6(9)5-14-7-2-8(16)3-7/h1,4,7-8,14,16H,2-3,5H2. The van der Waals surface area contributed by atoms with Crippen LogP contribution in [0.2, 0.25) is 0 Å². The summed E-state index contributed by atoms with van der Waals surface area (Å²) < 4.78 is 26.5. The lowest BCUT2D eigenvalue weighted by atomic mass is 9.89. The first-order valence-electron chi connectivity index (χ1n) is 5.51. The van der Waals surface area contributed by atoms with Gasteiger partial charge in [-0.1, -0.05) is 0 Å². The highest BCUT2D eigenvalue weighted by molar-refractivity contribution is 5.37. The molecule has 1 fully saturated rings. The van der Waals surface area contributed by atoms with E-state index >= 15 is 0 Å². The molecular formula is C11H12F2N2O3. The number of benzene rings is 1. The van der Waals surface area contributed by atoms with Crippen molar-refractivity contribution in [1.82, 2.24) is 5.32 Å². The van der Waals surface area contributed by atoms with Gasteiger partial charge in [0, 0.05) is 30.3 Å². The Labute approximate surface area is 102 Å². The minimum atomic E-state index is -1.18. The predicted octanol–water partition coefficient (Wildman–Crippen LogP) is 1.49. The quantitative estimate of drug-likeness (QED) is 0.633. The van der Waals surface area contributed by atoms with Crippen LogP contribution in [0, 0.1) is 21.7 Å². The van der Waals surface area contributed by atoms with E-state index in [4.69, 9.17) is 5.11 Å². The summed E-state index contributed by atoms with van der Waals surface area (Å²) in [6.07, 6.45) is 0.811. The monoisotopic (exact) mass is 258 g/mol. The molecule has 1 aromatic carbocycles. The highest BCUT2D eigenvalue weighted by Gasteiger charge is 2.27. The number of nitro groups is 1. The number of hydrogen-bond acceptors (Lipinski definition) is 4. The maximum Gasteiger partial charge on any atom is 0.305 e. The van der Waals surface area contributed by atoms with Crippen molar-refractivity contribution >= 4 is 5.69 Å². The second kappa shape index (κ2) is 4.95. The van der Waals surface area contributed by atoms with Crippen LogP contribution < -0.4 is 5.32 Å². The number of halogens is 2. The largest absolute Gasteiger partial charge is 0.393 e. The molecule has 1 aliphatic carbocycles. The van der Waals surface area contributed by atoms with E-state index in [1.165, 1.54) is 0 Å². The van der Waals surface area contributed by atoms with Crippen LogP contribution in [0.15, 0.2) is 12.1 Å². The Morgan fingerprint density at radius 3 is 2.61 bits per heavy atom. The van der Waals surface area contributed by atoms with E-state index in [-0.39, 0.29) is 24.3 Å². The number of nitrogens with one attached hydrogen (secondary N) is 1. The Morgan fingerprint density at radius 1 is 1.39 bits per heavy atom. The van der Waals surface area contributed by atoms with Crippen molar-refractivity contribution in [3.63, 3.8) is 0 Å². The number of nitrogens with zero attached hydrogens (tertiary/aromatic N) is 1. The van der Waals surface area contributed by atoms with Gasteiger partial charge in [0.1, 0.15) is 5.82 Å².